The largest absolute Gasteiger partial charge is 0.480 e. The van der Waals surface area contributed by atoms with Crippen molar-refractivity contribution in [2.24, 2.45) is 5.73 Å². The lowest BCUT2D eigenvalue weighted by Crippen LogP contribution is -2.42. The number of nitrogens with one attached hydrogen (secondary N) is 1. The van der Waals surface area contributed by atoms with Crippen molar-refractivity contribution >= 4 is 35.1 Å². The van der Waals surface area contributed by atoms with Gasteiger partial charge in [0.2, 0.25) is 5.91 Å². The highest BCUT2D eigenvalue weighted by Gasteiger charge is 2.21. The number of nitrogens with zero attached hydrogens (tertiary/aromatic N) is 2. The summed E-state index contributed by atoms with van der Waals surface area (Å²) in [4.78, 5) is 39.1. The molecule has 4 N–H and O–H groups in total. The van der Waals surface area contributed by atoms with Gasteiger partial charge in [-0.1, -0.05) is 18.2 Å². The minimum absolute atomic E-state index is 0. The SMILES string of the molecule is NCCC(=O)N[C@@H](Cc1cn(C(=O)c2ccccc2)cn1)C(=O)O.[AlH3]. The summed E-state index contributed by atoms with van der Waals surface area (Å²) in [5.74, 6) is -1.89. The van der Waals surface area contributed by atoms with Gasteiger partial charge >= 0.3 is 5.97 Å². The van der Waals surface area contributed by atoms with Crippen molar-refractivity contribution in [3.8, 4) is 0 Å². The molecule has 9 heteroatoms. The molecule has 0 bridgehead atoms. The Morgan fingerprint density at radius 3 is 2.52 bits per heavy atom. The van der Waals surface area contributed by atoms with E-state index in [1.807, 2.05) is 0 Å². The van der Waals surface area contributed by atoms with Gasteiger partial charge in [0.15, 0.2) is 17.4 Å². The van der Waals surface area contributed by atoms with Crippen LogP contribution in [0, 0.1) is 0 Å². The van der Waals surface area contributed by atoms with Crippen LogP contribution in [0.3, 0.4) is 0 Å². The first kappa shape index (κ1) is 20.6. The third kappa shape index (κ3) is 5.83. The molecule has 2 aromatic rings. The fourth-order valence-corrected chi connectivity index (χ4v) is 2.12. The van der Waals surface area contributed by atoms with Gasteiger partial charge in [-0.3, -0.25) is 14.2 Å². The molecule has 0 saturated carbocycles. The second-order valence-corrected chi connectivity index (χ2v) is 5.14. The second kappa shape index (κ2) is 9.74. The van der Waals surface area contributed by atoms with Crippen molar-refractivity contribution in [2.45, 2.75) is 18.9 Å². The number of hydrogen-bond acceptors (Lipinski definition) is 5. The molecular formula is C16H21AlN4O4. The molecule has 0 unspecified atom stereocenters. The molecule has 0 aliphatic carbocycles. The van der Waals surface area contributed by atoms with E-state index < -0.39 is 17.9 Å². The molecule has 0 saturated heterocycles. The van der Waals surface area contributed by atoms with E-state index in [4.69, 9.17) is 5.73 Å². The molecule has 0 aliphatic rings. The van der Waals surface area contributed by atoms with Crippen LogP contribution in [-0.4, -0.2) is 62.4 Å². The fourth-order valence-electron chi connectivity index (χ4n) is 2.12. The van der Waals surface area contributed by atoms with E-state index in [0.717, 1.165) is 0 Å². The standard InChI is InChI=1S/C16H18N4O4.Al.3H/c17-7-6-14(21)19-13(16(23)24)8-12-9-20(10-18-12)15(22)11-4-2-1-3-5-11;;;;/h1-5,9-10,13H,6-8,17H2,(H,19,21)(H,23,24);;;;/t13-;;;;/m0..../s1. The van der Waals surface area contributed by atoms with E-state index in [1.54, 1.807) is 30.3 Å². The molecule has 0 spiro atoms. The molecule has 0 aliphatic heterocycles. The van der Waals surface area contributed by atoms with E-state index in [0.29, 0.717) is 11.3 Å². The van der Waals surface area contributed by atoms with Crippen LogP contribution in [0.2, 0.25) is 0 Å². The maximum absolute atomic E-state index is 12.3. The summed E-state index contributed by atoms with van der Waals surface area (Å²) >= 11 is 0. The molecule has 1 amide bonds. The Kier molecular flexibility index (Phi) is 8.01. The number of aliphatic carboxylic acids is 1. The summed E-state index contributed by atoms with van der Waals surface area (Å²) in [6, 6.07) is 7.53. The Labute approximate surface area is 155 Å². The summed E-state index contributed by atoms with van der Waals surface area (Å²) in [6.07, 6.45) is 2.80. The van der Waals surface area contributed by atoms with Gasteiger partial charge in [-0.2, -0.15) is 0 Å². The van der Waals surface area contributed by atoms with Crippen molar-refractivity contribution in [1.29, 1.82) is 0 Å². The quantitative estimate of drug-likeness (QED) is 0.535. The van der Waals surface area contributed by atoms with E-state index in [2.05, 4.69) is 10.3 Å². The zero-order valence-corrected chi connectivity index (χ0v) is 12.9. The van der Waals surface area contributed by atoms with Crippen molar-refractivity contribution in [1.82, 2.24) is 14.9 Å². The van der Waals surface area contributed by atoms with Crippen molar-refractivity contribution in [2.75, 3.05) is 6.54 Å². The number of carboxylic acids is 1. The number of benzene rings is 1. The van der Waals surface area contributed by atoms with E-state index >= 15 is 0 Å². The highest BCUT2D eigenvalue weighted by atomic mass is 27.0. The molecule has 1 heterocycles. The molecule has 1 aromatic heterocycles. The van der Waals surface area contributed by atoms with Crippen LogP contribution in [0.25, 0.3) is 0 Å². The monoisotopic (exact) mass is 360 g/mol. The third-order valence-corrected chi connectivity index (χ3v) is 3.31. The van der Waals surface area contributed by atoms with Crippen LogP contribution in [-0.2, 0) is 16.0 Å². The van der Waals surface area contributed by atoms with Gasteiger partial charge in [-0.05, 0) is 12.1 Å². The minimum Gasteiger partial charge on any atom is -0.480 e. The lowest BCUT2D eigenvalue weighted by atomic mass is 10.1. The van der Waals surface area contributed by atoms with Crippen LogP contribution in [0.1, 0.15) is 22.5 Å². The number of carbonyl (C=O) groups is 3. The van der Waals surface area contributed by atoms with Gasteiger partial charge in [-0.15, -0.1) is 0 Å². The zero-order valence-electron chi connectivity index (χ0n) is 12.9. The summed E-state index contributed by atoms with van der Waals surface area (Å²) in [5, 5.41) is 11.6. The predicted octanol–water partition coefficient (Wildman–Crippen LogP) is -1.15. The number of imidazole rings is 1. The van der Waals surface area contributed by atoms with E-state index in [1.165, 1.54) is 17.1 Å². The number of carboxylic acid groups (broad SMARTS) is 1. The summed E-state index contributed by atoms with van der Waals surface area (Å²) in [5.41, 5.74) is 6.15. The minimum atomic E-state index is -1.18. The highest BCUT2D eigenvalue weighted by Crippen LogP contribution is 2.06. The topological polar surface area (TPSA) is 127 Å². The van der Waals surface area contributed by atoms with Crippen LogP contribution in [0.15, 0.2) is 42.9 Å². The Morgan fingerprint density at radius 2 is 1.92 bits per heavy atom. The molecule has 1 aromatic carbocycles. The van der Waals surface area contributed by atoms with Gasteiger partial charge in [-0.25, -0.2) is 9.78 Å². The van der Waals surface area contributed by atoms with Gasteiger partial charge in [0.25, 0.3) is 5.91 Å². The van der Waals surface area contributed by atoms with Crippen LogP contribution in [0.4, 0.5) is 0 Å². The molecule has 0 radical (unpaired) electrons. The normalized spacial score (nSPS) is 11.2. The van der Waals surface area contributed by atoms with Crippen molar-refractivity contribution < 1.29 is 19.5 Å². The number of nitrogens with two attached hydrogens (primary N) is 1. The average Bonchev–Trinajstić information content (AvgIpc) is 3.03. The lowest BCUT2D eigenvalue weighted by molar-refractivity contribution is -0.141. The third-order valence-electron chi connectivity index (χ3n) is 3.31. The number of amides is 1. The van der Waals surface area contributed by atoms with Crippen LogP contribution >= 0.6 is 0 Å². The molecule has 1 atom stereocenters. The average molecular weight is 360 g/mol. The highest BCUT2D eigenvalue weighted by molar-refractivity contribution is 5.95. The first-order valence-electron chi connectivity index (χ1n) is 7.36. The molecule has 8 nitrogen and oxygen atoms in total. The van der Waals surface area contributed by atoms with Gasteiger partial charge in [0.05, 0.1) is 5.69 Å². The van der Waals surface area contributed by atoms with E-state index in [-0.39, 0.29) is 42.7 Å². The Hall–Kier alpha value is -2.47. The van der Waals surface area contributed by atoms with Crippen molar-refractivity contribution in [3.05, 3.63) is 54.1 Å². The Bertz CT molecular complexity index is 733. The maximum atomic E-state index is 12.3. The zero-order chi connectivity index (χ0) is 17.5. The van der Waals surface area contributed by atoms with Gasteiger partial charge in [0, 0.05) is 31.1 Å². The smallest absolute Gasteiger partial charge is 0.326 e. The first-order valence-corrected chi connectivity index (χ1v) is 7.36. The summed E-state index contributed by atoms with van der Waals surface area (Å²) in [7, 11) is 0. The van der Waals surface area contributed by atoms with E-state index in [9.17, 15) is 19.5 Å². The maximum Gasteiger partial charge on any atom is 0.326 e. The second-order valence-electron chi connectivity index (χ2n) is 5.14. The summed E-state index contributed by atoms with van der Waals surface area (Å²) < 4.78 is 1.28. The molecule has 25 heavy (non-hydrogen) atoms. The molecule has 0 fully saturated rings. The number of rotatable bonds is 7. The first-order chi connectivity index (χ1) is 11.5. The van der Waals surface area contributed by atoms with Crippen LogP contribution in [0.5, 0.6) is 0 Å². The number of aromatic nitrogens is 2. The van der Waals surface area contributed by atoms with Crippen molar-refractivity contribution in [3.63, 3.8) is 0 Å². The van der Waals surface area contributed by atoms with Crippen LogP contribution < -0.4 is 11.1 Å². The van der Waals surface area contributed by atoms with Gasteiger partial charge < -0.3 is 16.2 Å². The number of carbonyl (C=O) groups excluding carboxylic acids is 2. The van der Waals surface area contributed by atoms with Gasteiger partial charge in [0.1, 0.15) is 12.4 Å². The number of hydrogen-bond donors (Lipinski definition) is 3. The lowest BCUT2D eigenvalue weighted by Gasteiger charge is -2.12. The fraction of sp³-hybridized carbons (Fsp3) is 0.250. The Morgan fingerprint density at radius 1 is 1.24 bits per heavy atom. The molecule has 2 rings (SSSR count). The molecular weight excluding hydrogens is 339 g/mol. The predicted molar refractivity (Wildman–Crippen MR) is 95.3 cm³/mol. The summed E-state index contributed by atoms with van der Waals surface area (Å²) in [6.45, 7) is 0.137. The Balaban J connectivity index is 0.00000312. The molecule has 132 valence electrons.